The van der Waals surface area contributed by atoms with Crippen molar-refractivity contribution in [2.75, 3.05) is 48.5 Å². The van der Waals surface area contributed by atoms with Crippen LogP contribution in [0.4, 0.5) is 22.0 Å². The van der Waals surface area contributed by atoms with Gasteiger partial charge in [-0.3, -0.25) is 25.3 Å². The lowest BCUT2D eigenvalue weighted by Crippen LogP contribution is -2.42. The fourth-order valence-electron chi connectivity index (χ4n) is 4.33. The number of hydrazine groups is 1. The van der Waals surface area contributed by atoms with Crippen molar-refractivity contribution in [3.8, 4) is 0 Å². The van der Waals surface area contributed by atoms with Gasteiger partial charge in [0.05, 0.1) is 19.3 Å². The molecule has 196 valence electrons. The van der Waals surface area contributed by atoms with Gasteiger partial charge in [0.25, 0.3) is 0 Å². The maximum Gasteiger partial charge on any atom is 0.324 e. The molecule has 0 spiro atoms. The Labute approximate surface area is 215 Å². The monoisotopic (exact) mass is 507 g/mol. The van der Waals surface area contributed by atoms with Crippen molar-refractivity contribution in [2.24, 2.45) is 10.8 Å². The summed E-state index contributed by atoms with van der Waals surface area (Å²) in [5.74, 6) is 8.12. The highest BCUT2D eigenvalue weighted by Gasteiger charge is 2.30. The number of carbonyl (C=O) groups is 1. The van der Waals surface area contributed by atoms with E-state index in [1.165, 1.54) is 0 Å². The Bertz CT molecular complexity index is 1250. The van der Waals surface area contributed by atoms with Crippen LogP contribution in [0.3, 0.4) is 0 Å². The minimum atomic E-state index is -0.414. The molecule has 0 radical (unpaired) electrons. The Morgan fingerprint density at radius 1 is 1.19 bits per heavy atom. The van der Waals surface area contributed by atoms with Crippen LogP contribution < -0.4 is 21.5 Å². The second-order valence-electron chi connectivity index (χ2n) is 10.2. The number of nitrogens with one attached hydrogen (secondary N) is 3. The van der Waals surface area contributed by atoms with Crippen molar-refractivity contribution in [3.63, 3.8) is 0 Å². The Morgan fingerprint density at radius 2 is 1.95 bits per heavy atom. The maximum atomic E-state index is 12.5. The number of nitrogens with two attached hydrogens (primary N) is 1. The normalized spacial score (nSPS) is 18.3. The molecule has 2 aromatic heterocycles. The molecule has 12 heteroatoms. The van der Waals surface area contributed by atoms with E-state index < -0.39 is 6.03 Å². The van der Waals surface area contributed by atoms with Gasteiger partial charge in [0.1, 0.15) is 17.1 Å². The highest BCUT2D eigenvalue weighted by molar-refractivity contribution is 6.10. The topological polar surface area (TPSA) is 150 Å². The number of morpholine rings is 1. The first kappa shape index (κ1) is 24.9. The van der Waals surface area contributed by atoms with Crippen molar-refractivity contribution in [1.29, 1.82) is 0 Å². The van der Waals surface area contributed by atoms with E-state index in [9.17, 15) is 4.79 Å². The van der Waals surface area contributed by atoms with Gasteiger partial charge in [0, 0.05) is 48.6 Å². The first-order chi connectivity index (χ1) is 17.8. The first-order valence-electron chi connectivity index (χ1n) is 12.4. The summed E-state index contributed by atoms with van der Waals surface area (Å²) >= 11 is 0. The number of aromatic amines is 1. The summed E-state index contributed by atoms with van der Waals surface area (Å²) in [6.07, 6.45) is 2.62. The molecule has 5 N–H and O–H groups in total. The molecule has 12 nitrogen and oxygen atoms in total. The van der Waals surface area contributed by atoms with Crippen LogP contribution in [0.5, 0.6) is 0 Å². The van der Waals surface area contributed by atoms with Crippen molar-refractivity contribution < 1.29 is 14.1 Å². The lowest BCUT2D eigenvalue weighted by molar-refractivity contribution is 0.0366. The molecule has 1 unspecified atom stereocenters. The molecule has 2 aliphatic heterocycles. The number of carbonyl (C=O) groups excluding carboxylic acids is 1. The fourth-order valence-corrected chi connectivity index (χ4v) is 4.33. The molecule has 2 amide bonds. The lowest BCUT2D eigenvalue weighted by atomic mass is 9.93. The lowest BCUT2D eigenvalue weighted by Gasteiger charge is -2.31. The number of ether oxygens (including phenoxy) is 1. The zero-order valence-corrected chi connectivity index (χ0v) is 21.3. The van der Waals surface area contributed by atoms with Crippen LogP contribution in [0.1, 0.15) is 50.3 Å². The van der Waals surface area contributed by atoms with Gasteiger partial charge in [-0.1, -0.05) is 25.9 Å². The summed E-state index contributed by atoms with van der Waals surface area (Å²) in [6, 6.07) is 8.58. The van der Waals surface area contributed by atoms with E-state index in [1.54, 1.807) is 17.3 Å². The first-order valence-corrected chi connectivity index (χ1v) is 12.4. The van der Waals surface area contributed by atoms with Crippen LogP contribution in [-0.2, 0) is 10.2 Å². The number of amides is 2. The number of aromatic nitrogens is 3. The van der Waals surface area contributed by atoms with E-state index in [-0.39, 0.29) is 11.5 Å². The minimum absolute atomic E-state index is 0.108. The zero-order chi connectivity index (χ0) is 26.0. The number of hydrogen-bond acceptors (Lipinski definition) is 9. The van der Waals surface area contributed by atoms with Crippen LogP contribution in [-0.4, -0.2) is 65.0 Å². The van der Waals surface area contributed by atoms with Crippen LogP contribution in [0, 0.1) is 0 Å². The molecule has 1 saturated heterocycles. The van der Waals surface area contributed by atoms with E-state index in [0.717, 1.165) is 56.2 Å². The molecule has 2 aliphatic rings. The van der Waals surface area contributed by atoms with Gasteiger partial charge >= 0.3 is 6.03 Å². The molecule has 1 aromatic carbocycles. The molecule has 1 atom stereocenters. The van der Waals surface area contributed by atoms with Crippen molar-refractivity contribution in [1.82, 2.24) is 20.3 Å². The van der Waals surface area contributed by atoms with Crippen molar-refractivity contribution in [3.05, 3.63) is 53.5 Å². The number of fused-ring (bicyclic) bond motifs is 1. The third-order valence-corrected chi connectivity index (χ3v) is 6.44. The number of benzene rings is 1. The minimum Gasteiger partial charge on any atom is -0.379 e. The number of urea groups is 1. The number of H-pyrrole nitrogens is 1. The standard InChI is InChI=1S/C25H33N9O3/c1-25(2,3)20-14-21(32-37-20)30-24(35)28-17-6-4-16(5-7-17)23-29-18(8-9-33-10-12-36-13-11-33)22-19(34(23)26)15-27-31-22/h4-7,14-15,18H,8-13,26H2,1-3H3,(H,27,31)(H2,28,30,32,35). The molecular formula is C25H33N9O3. The summed E-state index contributed by atoms with van der Waals surface area (Å²) in [7, 11) is 0. The van der Waals surface area contributed by atoms with Gasteiger partial charge in [0.15, 0.2) is 11.7 Å². The number of amidine groups is 1. The third-order valence-electron chi connectivity index (χ3n) is 6.44. The van der Waals surface area contributed by atoms with Crippen LogP contribution in [0.2, 0.25) is 0 Å². The second-order valence-corrected chi connectivity index (χ2v) is 10.2. The quantitative estimate of drug-likeness (QED) is 0.371. The molecule has 1 fully saturated rings. The number of hydrogen-bond donors (Lipinski definition) is 4. The molecular weight excluding hydrogens is 474 g/mol. The van der Waals surface area contributed by atoms with E-state index in [2.05, 4.69) is 30.9 Å². The maximum absolute atomic E-state index is 12.5. The van der Waals surface area contributed by atoms with Gasteiger partial charge in [0.2, 0.25) is 0 Å². The van der Waals surface area contributed by atoms with Gasteiger partial charge in [-0.25, -0.2) is 10.6 Å². The second kappa shape index (κ2) is 10.3. The largest absolute Gasteiger partial charge is 0.379 e. The van der Waals surface area contributed by atoms with Crippen molar-refractivity contribution in [2.45, 2.75) is 38.6 Å². The summed E-state index contributed by atoms with van der Waals surface area (Å²) in [5.41, 5.74) is 2.91. The average Bonchev–Trinajstić information content (AvgIpc) is 3.55. The molecule has 3 aromatic rings. The smallest absolute Gasteiger partial charge is 0.324 e. The summed E-state index contributed by atoms with van der Waals surface area (Å²) in [6.45, 7) is 10.3. The molecule has 37 heavy (non-hydrogen) atoms. The Balaban J connectivity index is 1.25. The van der Waals surface area contributed by atoms with Crippen molar-refractivity contribution >= 4 is 29.1 Å². The third kappa shape index (κ3) is 5.66. The van der Waals surface area contributed by atoms with E-state index >= 15 is 0 Å². The predicted molar refractivity (Wildman–Crippen MR) is 141 cm³/mol. The zero-order valence-electron chi connectivity index (χ0n) is 21.3. The highest BCUT2D eigenvalue weighted by Crippen LogP contribution is 2.34. The molecule has 0 saturated carbocycles. The van der Waals surface area contributed by atoms with Gasteiger partial charge < -0.3 is 14.6 Å². The summed E-state index contributed by atoms with van der Waals surface area (Å²) < 4.78 is 10.8. The summed E-state index contributed by atoms with van der Waals surface area (Å²) in [5, 5.41) is 18.3. The van der Waals surface area contributed by atoms with Crippen LogP contribution in [0.25, 0.3) is 0 Å². The SMILES string of the molecule is CC(C)(C)c1cc(NC(=O)Nc2ccc(C3=NC(CCN4CCOCC4)c4n[nH]cc4N3N)cc2)no1. The Morgan fingerprint density at radius 3 is 2.65 bits per heavy atom. The van der Waals surface area contributed by atoms with Gasteiger partial charge in [-0.2, -0.15) is 5.10 Å². The Kier molecular flexibility index (Phi) is 6.96. The fraction of sp³-hybridized carbons (Fsp3) is 0.440. The molecule has 4 heterocycles. The molecule has 0 aliphatic carbocycles. The van der Waals surface area contributed by atoms with E-state index in [4.69, 9.17) is 20.1 Å². The number of rotatable bonds is 6. The average molecular weight is 508 g/mol. The highest BCUT2D eigenvalue weighted by atomic mass is 16.5. The molecule has 5 rings (SSSR count). The van der Waals surface area contributed by atoms with Crippen LogP contribution in [0.15, 0.2) is 46.0 Å². The van der Waals surface area contributed by atoms with Gasteiger partial charge in [-0.05, 0) is 30.7 Å². The summed E-state index contributed by atoms with van der Waals surface area (Å²) in [4.78, 5) is 19.8. The van der Waals surface area contributed by atoms with E-state index in [1.807, 2.05) is 45.0 Å². The predicted octanol–water partition coefficient (Wildman–Crippen LogP) is 3.24. The van der Waals surface area contributed by atoms with Crippen LogP contribution >= 0.6 is 0 Å². The van der Waals surface area contributed by atoms with Gasteiger partial charge in [-0.15, -0.1) is 0 Å². The number of anilines is 3. The molecule has 0 bridgehead atoms. The number of nitrogens with zero attached hydrogens (tertiary/aromatic N) is 5. The van der Waals surface area contributed by atoms with E-state index in [0.29, 0.717) is 23.1 Å². The Hall–Kier alpha value is -3.74. The number of aliphatic imine (C=N–C) groups is 1.